The maximum atomic E-state index is 13.0. The number of benzene rings is 3. The first-order valence-corrected chi connectivity index (χ1v) is 11.6. The van der Waals surface area contributed by atoms with Crippen LogP contribution in [-0.4, -0.2) is 23.7 Å². The summed E-state index contributed by atoms with van der Waals surface area (Å²) in [6, 6.07) is 23.4. The highest BCUT2D eigenvalue weighted by Crippen LogP contribution is 2.19. The van der Waals surface area contributed by atoms with Gasteiger partial charge >= 0.3 is 0 Å². The van der Waals surface area contributed by atoms with Gasteiger partial charge in [-0.15, -0.1) is 0 Å². The predicted molar refractivity (Wildman–Crippen MR) is 127 cm³/mol. The van der Waals surface area contributed by atoms with Crippen LogP contribution in [0.25, 0.3) is 5.69 Å². The maximum absolute atomic E-state index is 13.0. The van der Waals surface area contributed by atoms with Crippen LogP contribution in [0, 0.1) is 6.92 Å². The van der Waals surface area contributed by atoms with Gasteiger partial charge in [0.1, 0.15) is 5.69 Å². The average Bonchev–Trinajstić information content (AvgIpc) is 3.03. The number of nitrogens with one attached hydrogen (secondary N) is 2. The van der Waals surface area contributed by atoms with Crippen LogP contribution in [0.4, 0.5) is 11.4 Å². The summed E-state index contributed by atoms with van der Waals surface area (Å²) in [4.78, 5) is 25.3. The number of para-hydroxylation sites is 2. The van der Waals surface area contributed by atoms with Gasteiger partial charge in [-0.3, -0.25) is 19.0 Å². The third-order valence-electron chi connectivity index (χ3n) is 5.25. The number of nitrogens with zero attached hydrogens (tertiary/aromatic N) is 2. The molecule has 33 heavy (non-hydrogen) atoms. The highest BCUT2D eigenvalue weighted by atomic mass is 32.2. The summed E-state index contributed by atoms with van der Waals surface area (Å²) < 4.78 is 31.3. The van der Waals surface area contributed by atoms with Crippen LogP contribution in [0.15, 0.2) is 94.6 Å². The fourth-order valence-corrected chi connectivity index (χ4v) is 4.51. The molecule has 9 heteroatoms. The van der Waals surface area contributed by atoms with Crippen molar-refractivity contribution >= 4 is 27.3 Å². The fraction of sp³-hybridized carbons (Fsp3) is 0.0833. The van der Waals surface area contributed by atoms with Gasteiger partial charge in [0.05, 0.1) is 16.3 Å². The van der Waals surface area contributed by atoms with Crippen molar-refractivity contribution in [2.75, 3.05) is 10.0 Å². The highest BCUT2D eigenvalue weighted by molar-refractivity contribution is 7.92. The summed E-state index contributed by atoms with van der Waals surface area (Å²) in [5.74, 6) is -0.359. The summed E-state index contributed by atoms with van der Waals surface area (Å²) in [5, 5.41) is 2.74. The lowest BCUT2D eigenvalue weighted by Crippen LogP contribution is -2.23. The molecule has 3 aromatic carbocycles. The molecule has 1 heterocycles. The second-order valence-corrected chi connectivity index (χ2v) is 9.07. The zero-order chi connectivity index (χ0) is 23.6. The molecule has 0 bridgehead atoms. The minimum Gasteiger partial charge on any atom is -0.322 e. The Hall–Kier alpha value is -4.11. The molecule has 0 spiro atoms. The molecule has 0 unspecified atom stereocenters. The van der Waals surface area contributed by atoms with Gasteiger partial charge in [0, 0.05) is 18.3 Å². The van der Waals surface area contributed by atoms with E-state index in [9.17, 15) is 18.0 Å². The van der Waals surface area contributed by atoms with E-state index >= 15 is 0 Å². The van der Waals surface area contributed by atoms with Gasteiger partial charge in [-0.25, -0.2) is 13.1 Å². The number of anilines is 2. The molecule has 8 nitrogen and oxygen atoms in total. The van der Waals surface area contributed by atoms with E-state index in [1.807, 2.05) is 12.1 Å². The third-order valence-corrected chi connectivity index (χ3v) is 6.61. The van der Waals surface area contributed by atoms with Crippen LogP contribution in [0.3, 0.4) is 0 Å². The monoisotopic (exact) mass is 462 g/mol. The summed E-state index contributed by atoms with van der Waals surface area (Å²) >= 11 is 0. The summed E-state index contributed by atoms with van der Waals surface area (Å²) in [6.07, 6.45) is 0. The van der Waals surface area contributed by atoms with Crippen molar-refractivity contribution in [3.8, 4) is 5.69 Å². The molecule has 0 radical (unpaired) electrons. The lowest BCUT2D eigenvalue weighted by Gasteiger charge is -2.09. The molecule has 4 rings (SSSR count). The first-order valence-electron chi connectivity index (χ1n) is 10.1. The molecule has 2 N–H and O–H groups in total. The number of amides is 1. The molecular formula is C24H22N4O4S. The van der Waals surface area contributed by atoms with E-state index in [0.717, 1.165) is 0 Å². The van der Waals surface area contributed by atoms with E-state index in [-0.39, 0.29) is 16.5 Å². The molecule has 0 fully saturated rings. The largest absolute Gasteiger partial charge is 0.322 e. The summed E-state index contributed by atoms with van der Waals surface area (Å²) in [5.41, 5.74) is 1.50. The first-order chi connectivity index (χ1) is 15.8. The number of hydrogen-bond acceptors (Lipinski definition) is 4. The SMILES string of the molecule is Cc1c(NS(=O)(=O)c2ccc(C(=O)Nc3ccccc3)cc2)c(=O)n(-c2ccccc2)n1C. The van der Waals surface area contributed by atoms with Crippen molar-refractivity contribution in [2.24, 2.45) is 7.05 Å². The van der Waals surface area contributed by atoms with E-state index in [1.165, 1.54) is 28.9 Å². The number of aromatic nitrogens is 2. The molecule has 0 aliphatic heterocycles. The Bertz CT molecular complexity index is 1460. The van der Waals surface area contributed by atoms with Crippen molar-refractivity contribution in [3.63, 3.8) is 0 Å². The molecule has 0 saturated carbocycles. The molecule has 0 aliphatic rings. The van der Waals surface area contributed by atoms with Gasteiger partial charge < -0.3 is 5.32 Å². The molecule has 0 atom stereocenters. The molecule has 0 saturated heterocycles. The van der Waals surface area contributed by atoms with Gasteiger partial charge in [0.25, 0.3) is 21.5 Å². The molecular weight excluding hydrogens is 440 g/mol. The average molecular weight is 463 g/mol. The predicted octanol–water partition coefficient (Wildman–Crippen LogP) is 3.54. The van der Waals surface area contributed by atoms with Crippen LogP contribution < -0.4 is 15.6 Å². The number of carbonyl (C=O) groups excluding carboxylic acids is 1. The van der Waals surface area contributed by atoms with Crippen molar-refractivity contribution in [1.82, 2.24) is 9.36 Å². The summed E-state index contributed by atoms with van der Waals surface area (Å²) in [6.45, 7) is 1.66. The number of rotatable bonds is 6. The van der Waals surface area contributed by atoms with Gasteiger partial charge in [0.2, 0.25) is 0 Å². The van der Waals surface area contributed by atoms with Crippen LogP contribution >= 0.6 is 0 Å². The van der Waals surface area contributed by atoms with E-state index in [0.29, 0.717) is 22.6 Å². The molecule has 168 valence electrons. The van der Waals surface area contributed by atoms with Crippen LogP contribution in [0.1, 0.15) is 16.1 Å². The van der Waals surface area contributed by atoms with Crippen LogP contribution in [0.5, 0.6) is 0 Å². The Kier molecular flexibility index (Phi) is 5.89. The standard InChI is InChI=1S/C24H22N4O4S/c1-17-22(24(30)28(27(17)2)20-11-7-4-8-12-20)26-33(31,32)21-15-13-18(14-16-21)23(29)25-19-9-5-3-6-10-19/h3-16,26H,1-2H3,(H,25,29). The Morgan fingerprint density at radius 3 is 2.03 bits per heavy atom. The molecule has 0 aliphatic carbocycles. The fourth-order valence-electron chi connectivity index (χ4n) is 3.39. The normalized spacial score (nSPS) is 11.2. The highest BCUT2D eigenvalue weighted by Gasteiger charge is 2.22. The zero-order valence-electron chi connectivity index (χ0n) is 18.0. The van der Waals surface area contributed by atoms with Crippen LogP contribution in [-0.2, 0) is 17.1 Å². The Morgan fingerprint density at radius 1 is 0.848 bits per heavy atom. The lowest BCUT2D eigenvalue weighted by molar-refractivity contribution is 0.102. The zero-order valence-corrected chi connectivity index (χ0v) is 18.8. The van der Waals surface area contributed by atoms with E-state index < -0.39 is 15.6 Å². The van der Waals surface area contributed by atoms with Crippen molar-refractivity contribution < 1.29 is 13.2 Å². The van der Waals surface area contributed by atoms with Gasteiger partial charge in [-0.2, -0.15) is 0 Å². The van der Waals surface area contributed by atoms with Crippen molar-refractivity contribution in [1.29, 1.82) is 0 Å². The van der Waals surface area contributed by atoms with Gasteiger partial charge in [-0.05, 0) is 55.5 Å². The van der Waals surface area contributed by atoms with Crippen LogP contribution in [0.2, 0.25) is 0 Å². The van der Waals surface area contributed by atoms with Gasteiger partial charge in [0.15, 0.2) is 0 Å². The number of hydrogen-bond donors (Lipinski definition) is 2. The second-order valence-electron chi connectivity index (χ2n) is 7.39. The van der Waals surface area contributed by atoms with Gasteiger partial charge in [-0.1, -0.05) is 36.4 Å². The minimum absolute atomic E-state index is 0.0350. The van der Waals surface area contributed by atoms with E-state index in [1.54, 1.807) is 67.2 Å². The third kappa shape index (κ3) is 4.44. The maximum Gasteiger partial charge on any atom is 0.296 e. The quantitative estimate of drug-likeness (QED) is 0.458. The lowest BCUT2D eigenvalue weighted by atomic mass is 10.2. The van der Waals surface area contributed by atoms with E-state index in [4.69, 9.17) is 0 Å². The second kappa shape index (κ2) is 8.79. The smallest absolute Gasteiger partial charge is 0.296 e. The number of carbonyl (C=O) groups is 1. The Morgan fingerprint density at radius 2 is 1.42 bits per heavy atom. The first kappa shape index (κ1) is 22.1. The number of sulfonamides is 1. The van der Waals surface area contributed by atoms with Crippen molar-refractivity contribution in [2.45, 2.75) is 11.8 Å². The molecule has 4 aromatic rings. The Balaban J connectivity index is 1.59. The van der Waals surface area contributed by atoms with E-state index in [2.05, 4.69) is 10.0 Å². The molecule has 1 amide bonds. The minimum atomic E-state index is -4.05. The topological polar surface area (TPSA) is 102 Å². The molecule has 1 aromatic heterocycles. The van der Waals surface area contributed by atoms with Crippen molar-refractivity contribution in [3.05, 3.63) is 107 Å². The summed E-state index contributed by atoms with van der Waals surface area (Å²) in [7, 11) is -2.37. The Labute approximate surface area is 191 Å².